The predicted octanol–water partition coefficient (Wildman–Crippen LogP) is 4.32. The van der Waals surface area contributed by atoms with Crippen LogP contribution in [-0.4, -0.2) is 19.7 Å². The summed E-state index contributed by atoms with van der Waals surface area (Å²) in [5, 5.41) is 8.50. The Balaban J connectivity index is 1.76. The average Bonchev–Trinajstić information content (AvgIpc) is 3.04. The van der Waals surface area contributed by atoms with Gasteiger partial charge in [0.15, 0.2) is 5.65 Å². The van der Waals surface area contributed by atoms with Crippen molar-refractivity contribution in [3.8, 4) is 5.69 Å². The van der Waals surface area contributed by atoms with Gasteiger partial charge in [-0.2, -0.15) is 5.10 Å². The molecule has 2 heterocycles. The highest BCUT2D eigenvalue weighted by Crippen LogP contribution is 2.25. The van der Waals surface area contributed by atoms with E-state index in [1.54, 1.807) is 23.0 Å². The van der Waals surface area contributed by atoms with Crippen molar-refractivity contribution in [3.63, 3.8) is 0 Å². The third-order valence-corrected chi connectivity index (χ3v) is 4.21. The molecule has 0 bridgehead atoms. The molecular weight excluding hydrogens is 317 g/mol. The normalized spacial score (nSPS) is 11.0. The van der Waals surface area contributed by atoms with E-state index >= 15 is 0 Å². The summed E-state index contributed by atoms with van der Waals surface area (Å²) in [6.45, 7) is 4.15. The first-order valence-electron chi connectivity index (χ1n) is 7.91. The Morgan fingerprint density at radius 3 is 2.52 bits per heavy atom. The van der Waals surface area contributed by atoms with Crippen LogP contribution >= 0.6 is 0 Å². The van der Waals surface area contributed by atoms with Crippen LogP contribution in [0.4, 0.5) is 15.9 Å². The van der Waals surface area contributed by atoms with E-state index in [0.717, 1.165) is 16.8 Å². The van der Waals surface area contributed by atoms with Crippen molar-refractivity contribution in [2.75, 3.05) is 5.32 Å². The lowest BCUT2D eigenvalue weighted by Gasteiger charge is -2.09. The Bertz CT molecular complexity index is 1050. The zero-order valence-electron chi connectivity index (χ0n) is 13.9. The van der Waals surface area contributed by atoms with Crippen molar-refractivity contribution >= 4 is 22.5 Å². The number of anilines is 2. The molecule has 0 aliphatic rings. The summed E-state index contributed by atoms with van der Waals surface area (Å²) in [5.74, 6) is 0.397. The Hall–Kier alpha value is -3.28. The molecule has 0 unspecified atom stereocenters. The molecule has 2 aromatic carbocycles. The third-order valence-electron chi connectivity index (χ3n) is 4.21. The van der Waals surface area contributed by atoms with Crippen LogP contribution < -0.4 is 5.32 Å². The Kier molecular flexibility index (Phi) is 3.65. The van der Waals surface area contributed by atoms with E-state index in [-0.39, 0.29) is 5.82 Å². The highest BCUT2D eigenvalue weighted by molar-refractivity contribution is 5.89. The zero-order chi connectivity index (χ0) is 17.4. The van der Waals surface area contributed by atoms with Gasteiger partial charge in [0.25, 0.3) is 0 Å². The molecule has 25 heavy (non-hydrogen) atoms. The van der Waals surface area contributed by atoms with Crippen LogP contribution in [0.1, 0.15) is 11.1 Å². The van der Waals surface area contributed by atoms with Gasteiger partial charge < -0.3 is 5.32 Å². The lowest BCUT2D eigenvalue weighted by Crippen LogP contribution is -2.00. The van der Waals surface area contributed by atoms with Crippen LogP contribution in [0.3, 0.4) is 0 Å². The van der Waals surface area contributed by atoms with Crippen molar-refractivity contribution in [1.82, 2.24) is 19.7 Å². The van der Waals surface area contributed by atoms with E-state index in [1.807, 2.05) is 6.07 Å². The molecule has 0 aliphatic heterocycles. The van der Waals surface area contributed by atoms with Crippen LogP contribution in [-0.2, 0) is 0 Å². The van der Waals surface area contributed by atoms with E-state index in [4.69, 9.17) is 0 Å². The van der Waals surface area contributed by atoms with Gasteiger partial charge in [0, 0.05) is 5.69 Å². The lowest BCUT2D eigenvalue weighted by molar-refractivity contribution is 0.627. The summed E-state index contributed by atoms with van der Waals surface area (Å²) in [5.41, 5.74) is 4.80. The maximum Gasteiger partial charge on any atom is 0.168 e. The van der Waals surface area contributed by atoms with Gasteiger partial charge in [-0.15, -0.1) is 0 Å². The van der Waals surface area contributed by atoms with Crippen LogP contribution in [0.25, 0.3) is 16.7 Å². The fourth-order valence-electron chi connectivity index (χ4n) is 2.67. The summed E-state index contributed by atoms with van der Waals surface area (Å²) < 4.78 is 14.8. The largest absolute Gasteiger partial charge is 0.340 e. The predicted molar refractivity (Wildman–Crippen MR) is 95.8 cm³/mol. The molecule has 1 N–H and O–H groups in total. The molecule has 0 atom stereocenters. The highest BCUT2D eigenvalue weighted by Gasteiger charge is 2.11. The number of halogens is 1. The van der Waals surface area contributed by atoms with Gasteiger partial charge in [0.1, 0.15) is 18.0 Å². The first-order valence-corrected chi connectivity index (χ1v) is 7.91. The van der Waals surface area contributed by atoms with Crippen molar-refractivity contribution in [3.05, 3.63) is 71.9 Å². The molecule has 124 valence electrons. The topological polar surface area (TPSA) is 55.6 Å². The fraction of sp³-hybridized carbons (Fsp3) is 0.105. The van der Waals surface area contributed by atoms with Crippen LogP contribution in [0.5, 0.6) is 0 Å². The number of fused-ring (bicyclic) bond motifs is 1. The number of nitrogens with one attached hydrogen (secondary N) is 1. The lowest BCUT2D eigenvalue weighted by atomic mass is 10.1. The standard InChI is InChI=1S/C19H16FN5/c1-12-3-6-15(9-13(12)2)24-18-17-10-23-25(19(17)22-11-21-18)16-7-4-14(20)5-8-16/h3-11H,1-2H3,(H,21,22,24). The number of hydrogen-bond donors (Lipinski definition) is 1. The van der Waals surface area contributed by atoms with Gasteiger partial charge in [-0.3, -0.25) is 0 Å². The maximum absolute atomic E-state index is 13.1. The van der Waals surface area contributed by atoms with E-state index < -0.39 is 0 Å². The molecule has 0 radical (unpaired) electrons. The third kappa shape index (κ3) is 2.82. The first-order chi connectivity index (χ1) is 12.1. The molecule has 6 heteroatoms. The van der Waals surface area contributed by atoms with E-state index in [1.165, 1.54) is 29.6 Å². The number of benzene rings is 2. The molecule has 0 spiro atoms. The van der Waals surface area contributed by atoms with Gasteiger partial charge in [0.05, 0.1) is 17.3 Å². The van der Waals surface area contributed by atoms with Gasteiger partial charge in [-0.05, 0) is 61.4 Å². The minimum absolute atomic E-state index is 0.285. The Morgan fingerprint density at radius 1 is 0.960 bits per heavy atom. The van der Waals surface area contributed by atoms with Gasteiger partial charge in [-0.1, -0.05) is 6.07 Å². The monoisotopic (exact) mass is 333 g/mol. The Labute approximate surface area is 144 Å². The molecule has 4 rings (SSSR count). The van der Waals surface area contributed by atoms with Crippen molar-refractivity contribution in [2.24, 2.45) is 0 Å². The zero-order valence-corrected chi connectivity index (χ0v) is 13.9. The number of nitrogens with zero attached hydrogens (tertiary/aromatic N) is 4. The van der Waals surface area contributed by atoms with Crippen LogP contribution in [0.15, 0.2) is 55.0 Å². The quantitative estimate of drug-likeness (QED) is 0.607. The molecule has 0 saturated carbocycles. The maximum atomic E-state index is 13.1. The Morgan fingerprint density at radius 2 is 1.76 bits per heavy atom. The molecule has 2 aromatic heterocycles. The molecule has 0 fully saturated rings. The second-order valence-electron chi connectivity index (χ2n) is 5.92. The summed E-state index contributed by atoms with van der Waals surface area (Å²) >= 11 is 0. The molecule has 4 aromatic rings. The summed E-state index contributed by atoms with van der Waals surface area (Å²) in [6.07, 6.45) is 3.20. The molecular formula is C19H16FN5. The second-order valence-corrected chi connectivity index (χ2v) is 5.92. The smallest absolute Gasteiger partial charge is 0.168 e. The number of aromatic nitrogens is 4. The van der Waals surface area contributed by atoms with Gasteiger partial charge in [0.2, 0.25) is 0 Å². The minimum Gasteiger partial charge on any atom is -0.340 e. The van der Waals surface area contributed by atoms with Gasteiger partial charge in [-0.25, -0.2) is 19.0 Å². The van der Waals surface area contributed by atoms with Crippen LogP contribution in [0, 0.1) is 19.7 Å². The summed E-state index contributed by atoms with van der Waals surface area (Å²) in [4.78, 5) is 8.67. The molecule has 0 amide bonds. The fourth-order valence-corrected chi connectivity index (χ4v) is 2.67. The highest BCUT2D eigenvalue weighted by atomic mass is 19.1. The number of rotatable bonds is 3. The van der Waals surface area contributed by atoms with Crippen molar-refractivity contribution in [2.45, 2.75) is 13.8 Å². The SMILES string of the molecule is Cc1ccc(Nc2ncnc3c2cnn3-c2ccc(F)cc2)cc1C. The minimum atomic E-state index is -0.285. The van der Waals surface area contributed by atoms with Crippen molar-refractivity contribution < 1.29 is 4.39 Å². The van der Waals surface area contributed by atoms with E-state index in [9.17, 15) is 4.39 Å². The summed E-state index contributed by atoms with van der Waals surface area (Å²) in [7, 11) is 0. The molecule has 5 nitrogen and oxygen atoms in total. The number of hydrogen-bond acceptors (Lipinski definition) is 4. The van der Waals surface area contributed by atoms with E-state index in [0.29, 0.717) is 11.5 Å². The summed E-state index contributed by atoms with van der Waals surface area (Å²) in [6, 6.07) is 12.3. The second kappa shape index (κ2) is 5.98. The van der Waals surface area contributed by atoms with Crippen LogP contribution in [0.2, 0.25) is 0 Å². The van der Waals surface area contributed by atoms with E-state index in [2.05, 4.69) is 46.4 Å². The number of aryl methyl sites for hydroxylation is 2. The van der Waals surface area contributed by atoms with Gasteiger partial charge >= 0.3 is 0 Å². The first kappa shape index (κ1) is 15.3. The molecule has 0 aliphatic carbocycles. The molecule has 0 saturated heterocycles. The average molecular weight is 333 g/mol. The van der Waals surface area contributed by atoms with Crippen molar-refractivity contribution in [1.29, 1.82) is 0 Å².